The van der Waals surface area contributed by atoms with Crippen molar-refractivity contribution in [2.45, 2.75) is 31.7 Å². The van der Waals surface area contributed by atoms with Crippen LogP contribution in [-0.4, -0.2) is 76.6 Å². The van der Waals surface area contributed by atoms with Crippen LogP contribution in [0.1, 0.15) is 30.5 Å². The Bertz CT molecular complexity index is 1750. The number of aromatic amines is 1. The number of alkyl halides is 4. The first-order valence-electron chi connectivity index (χ1n) is 13.8. The monoisotopic (exact) mass is 645 g/mol. The first-order chi connectivity index (χ1) is 21.8. The Labute approximate surface area is 259 Å². The number of halogens is 4. The summed E-state index contributed by atoms with van der Waals surface area (Å²) in [6, 6.07) is 3.36. The predicted molar refractivity (Wildman–Crippen MR) is 158 cm³/mol. The van der Waals surface area contributed by atoms with Crippen molar-refractivity contribution in [1.82, 2.24) is 41.2 Å². The number of rotatable bonds is 10. The number of amides is 2. The van der Waals surface area contributed by atoms with Gasteiger partial charge in [0.1, 0.15) is 6.17 Å². The summed E-state index contributed by atoms with van der Waals surface area (Å²) in [6.45, 7) is 4.75. The molecule has 0 fully saturated rings. The second kappa shape index (κ2) is 14.5. The Morgan fingerprint density at radius 3 is 2.65 bits per heavy atom. The summed E-state index contributed by atoms with van der Waals surface area (Å²) in [6.07, 6.45) is -0.608. The van der Waals surface area contributed by atoms with Gasteiger partial charge >= 0.3 is 12.1 Å². The number of aliphatic imine (C=N–C) groups is 1. The number of hydrogen-bond donors (Lipinski definition) is 5. The number of guanidine groups is 1. The van der Waals surface area contributed by atoms with Crippen LogP contribution >= 0.6 is 0 Å². The van der Waals surface area contributed by atoms with Crippen molar-refractivity contribution >= 4 is 36.0 Å². The van der Waals surface area contributed by atoms with Gasteiger partial charge in [0.15, 0.2) is 5.96 Å². The van der Waals surface area contributed by atoms with Crippen LogP contribution in [0.2, 0.25) is 0 Å². The van der Waals surface area contributed by atoms with Crippen molar-refractivity contribution < 1.29 is 36.7 Å². The highest BCUT2D eigenvalue weighted by Crippen LogP contribution is 2.33. The fraction of sp³-hybridized carbons (Fsp3) is 0.310. The van der Waals surface area contributed by atoms with Gasteiger partial charge in [0.2, 0.25) is 11.8 Å². The molecular weight excluding hydrogens is 614 g/mol. The number of H-pyrrole nitrogens is 1. The molecule has 5 N–H and O–H groups in total. The fourth-order valence-electron chi connectivity index (χ4n) is 4.34. The van der Waals surface area contributed by atoms with E-state index in [0.29, 0.717) is 16.3 Å². The van der Waals surface area contributed by atoms with Crippen LogP contribution in [0, 0.1) is 0 Å². The normalized spacial score (nSPS) is 16.4. The molecule has 17 heteroatoms. The number of ether oxygens (including phenoxy) is 1. The van der Waals surface area contributed by atoms with Crippen molar-refractivity contribution in [3.63, 3.8) is 0 Å². The predicted octanol–water partition coefficient (Wildman–Crippen LogP) is 0.503. The zero-order valence-corrected chi connectivity index (χ0v) is 24.7. The van der Waals surface area contributed by atoms with Gasteiger partial charge in [0.05, 0.1) is 67.7 Å². The van der Waals surface area contributed by atoms with E-state index in [1.165, 1.54) is 48.4 Å². The van der Waals surface area contributed by atoms with Crippen LogP contribution in [0.15, 0.2) is 59.5 Å². The van der Waals surface area contributed by atoms with Gasteiger partial charge in [-0.15, -0.1) is 0 Å². The van der Waals surface area contributed by atoms with E-state index in [2.05, 4.69) is 48.1 Å². The average molecular weight is 646 g/mol. The molecule has 0 radical (unpaired) electrons. The summed E-state index contributed by atoms with van der Waals surface area (Å²) >= 11 is 0. The molecule has 1 aliphatic rings. The van der Waals surface area contributed by atoms with Gasteiger partial charge in [0.25, 0.3) is 0 Å². The molecule has 0 saturated carbocycles. The maximum absolute atomic E-state index is 13.8. The van der Waals surface area contributed by atoms with Gasteiger partial charge in [-0.25, -0.2) is 14.1 Å². The highest BCUT2D eigenvalue weighted by atomic mass is 19.4. The number of aromatic nitrogens is 4. The van der Waals surface area contributed by atoms with Gasteiger partial charge < -0.3 is 26.0 Å². The molecule has 1 aliphatic heterocycles. The van der Waals surface area contributed by atoms with Crippen LogP contribution in [0.5, 0.6) is 0 Å². The quantitative estimate of drug-likeness (QED) is 0.121. The number of carbonyl (C=O) groups excluding carboxylic acids is 3. The molecule has 46 heavy (non-hydrogen) atoms. The Hall–Kier alpha value is -5.48. The SMILES string of the molecule is C=c1[nH]nc/c1=C(/C=C(\C)C(=O)NCC(=O)N[C@@H](CC(=O)OC)c1cc(-n2cccn2)cc(C(F)(F)F)c1)NC1=NCC(F)CN1. The number of nitrogens with zero attached hydrogens (tertiary/aromatic N) is 4. The van der Waals surface area contributed by atoms with Crippen LogP contribution in [0.4, 0.5) is 17.6 Å². The van der Waals surface area contributed by atoms with Gasteiger partial charge in [-0.1, -0.05) is 6.58 Å². The minimum absolute atomic E-state index is 0.0331. The van der Waals surface area contributed by atoms with Crippen LogP contribution in [-0.2, 0) is 25.3 Å². The van der Waals surface area contributed by atoms with Crippen molar-refractivity contribution in [2.75, 3.05) is 26.7 Å². The van der Waals surface area contributed by atoms with Crippen LogP contribution < -0.4 is 31.8 Å². The first-order valence-corrected chi connectivity index (χ1v) is 13.8. The molecule has 0 bridgehead atoms. The standard InChI is InChI=1S/C29H31F4N9O4/c1-16(7-24(22-14-37-41-17(22)2)40-28-35-12-20(30)13-36-28)27(45)34-15-25(43)39-23(11-26(44)46-3)18-8-19(29(31,32)33)10-21(9-18)42-6-4-5-38-42/h4-10,14,20,23,41H,2,11-13,15H2,1,3H3,(H,34,45)(H,39,43)(H2,35,36,40)/b16-7+,24-22+/t23-/m0/s1. The Kier molecular flexibility index (Phi) is 10.6. The number of esters is 1. The third kappa shape index (κ3) is 8.80. The Balaban J connectivity index is 1.52. The summed E-state index contributed by atoms with van der Waals surface area (Å²) in [5, 5.41) is 22.2. The zero-order chi connectivity index (χ0) is 33.4. The smallest absolute Gasteiger partial charge is 0.416 e. The van der Waals surface area contributed by atoms with Crippen molar-refractivity contribution in [3.8, 4) is 5.69 Å². The lowest BCUT2D eigenvalue weighted by Gasteiger charge is -2.21. The van der Waals surface area contributed by atoms with Gasteiger partial charge in [0, 0.05) is 23.2 Å². The summed E-state index contributed by atoms with van der Waals surface area (Å²) in [7, 11) is 1.10. The lowest BCUT2D eigenvalue weighted by atomic mass is 9.99. The van der Waals surface area contributed by atoms with Crippen molar-refractivity contribution in [1.29, 1.82) is 0 Å². The van der Waals surface area contributed by atoms with Crippen molar-refractivity contribution in [3.05, 3.63) is 76.2 Å². The van der Waals surface area contributed by atoms with Gasteiger partial charge in [-0.05, 0) is 42.8 Å². The third-order valence-corrected chi connectivity index (χ3v) is 6.70. The van der Waals surface area contributed by atoms with Crippen molar-refractivity contribution in [2.24, 2.45) is 4.99 Å². The average Bonchev–Trinajstić information content (AvgIpc) is 3.72. The number of carbonyl (C=O) groups is 3. The molecule has 0 saturated heterocycles. The molecule has 1 unspecified atom stereocenters. The summed E-state index contributed by atoms with van der Waals surface area (Å²) in [5.74, 6) is -1.96. The minimum atomic E-state index is -4.74. The molecule has 2 aromatic heterocycles. The number of methoxy groups -OCH3 is 1. The molecule has 0 aliphatic carbocycles. The largest absolute Gasteiger partial charge is 0.469 e. The highest BCUT2D eigenvalue weighted by molar-refractivity contribution is 5.98. The van der Waals surface area contributed by atoms with Crippen LogP contribution in [0.3, 0.4) is 0 Å². The molecule has 1 aromatic carbocycles. The van der Waals surface area contributed by atoms with E-state index in [-0.39, 0.29) is 35.9 Å². The Morgan fingerprint density at radius 2 is 2.04 bits per heavy atom. The molecule has 244 valence electrons. The molecule has 13 nitrogen and oxygen atoms in total. The molecule has 3 heterocycles. The van der Waals surface area contributed by atoms with E-state index in [1.54, 1.807) is 0 Å². The number of nitrogens with one attached hydrogen (secondary N) is 5. The molecule has 4 rings (SSSR count). The second-order valence-electron chi connectivity index (χ2n) is 10.1. The van der Waals surface area contributed by atoms with E-state index < -0.39 is 54.7 Å². The zero-order valence-electron chi connectivity index (χ0n) is 24.7. The summed E-state index contributed by atoms with van der Waals surface area (Å²) in [5.41, 5.74) is -0.500. The van der Waals surface area contributed by atoms with E-state index in [0.717, 1.165) is 19.2 Å². The van der Waals surface area contributed by atoms with Gasteiger partial charge in [-0.2, -0.15) is 23.4 Å². The first kappa shape index (κ1) is 33.4. The molecular formula is C29H31F4N9O4. The second-order valence-corrected chi connectivity index (χ2v) is 10.1. The molecule has 2 amide bonds. The number of benzene rings is 1. The molecule has 3 aromatic rings. The molecule has 2 atom stereocenters. The Morgan fingerprint density at radius 1 is 1.26 bits per heavy atom. The topological polar surface area (TPSA) is 167 Å². The number of hydrogen-bond acceptors (Lipinski definition) is 9. The molecule has 0 spiro atoms. The lowest BCUT2D eigenvalue weighted by Crippen LogP contribution is -2.46. The fourth-order valence-corrected chi connectivity index (χ4v) is 4.34. The lowest BCUT2D eigenvalue weighted by molar-refractivity contribution is -0.141. The maximum Gasteiger partial charge on any atom is 0.416 e. The summed E-state index contributed by atoms with van der Waals surface area (Å²) < 4.78 is 60.7. The van der Waals surface area contributed by atoms with E-state index >= 15 is 0 Å². The van der Waals surface area contributed by atoms with E-state index in [9.17, 15) is 31.9 Å². The van der Waals surface area contributed by atoms with E-state index in [1.807, 2.05) is 0 Å². The summed E-state index contributed by atoms with van der Waals surface area (Å²) in [4.78, 5) is 42.1. The van der Waals surface area contributed by atoms with Crippen LogP contribution in [0.25, 0.3) is 18.0 Å². The third-order valence-electron chi connectivity index (χ3n) is 6.70. The van der Waals surface area contributed by atoms with Gasteiger partial charge in [-0.3, -0.25) is 19.5 Å². The minimum Gasteiger partial charge on any atom is -0.469 e. The highest BCUT2D eigenvalue weighted by Gasteiger charge is 2.33. The van der Waals surface area contributed by atoms with E-state index in [4.69, 9.17) is 4.74 Å². The maximum atomic E-state index is 13.8.